The van der Waals surface area contributed by atoms with E-state index in [9.17, 15) is 13.0 Å². The molecule has 3 nitrogen and oxygen atoms in total. The standard InChI is InChI=1S/C19H16O3S.C9H12S/c20-23(21,22)18-13-11-17(12-14-18)19(15-7-3-1-4-8-15)16-9-5-2-6-10-16;1-6-4-5-9(10)8(3)7(6)2/h1-14,19H,(H,20,21,22);4-5,10H,1-3H3. The third-order valence-corrected chi connectivity index (χ3v) is 7.22. The van der Waals surface area contributed by atoms with Gasteiger partial charge in [0.15, 0.2) is 4.90 Å². The maximum Gasteiger partial charge on any atom is 0.153 e. The average Bonchev–Trinajstić information content (AvgIpc) is 2.82. The minimum Gasteiger partial charge on any atom is -0.744 e. The maximum atomic E-state index is 11.1. The van der Waals surface area contributed by atoms with Crippen molar-refractivity contribution in [1.82, 2.24) is 0 Å². The predicted molar refractivity (Wildman–Crippen MR) is 137 cm³/mol. The van der Waals surface area contributed by atoms with E-state index in [1.165, 1.54) is 33.7 Å². The molecule has 4 aromatic rings. The molecule has 0 heterocycles. The van der Waals surface area contributed by atoms with Gasteiger partial charge in [-0.1, -0.05) is 78.9 Å². The zero-order valence-electron chi connectivity index (χ0n) is 18.9. The molecule has 0 N–H and O–H groups in total. The maximum absolute atomic E-state index is 11.1. The lowest BCUT2D eigenvalue weighted by molar-refractivity contribution is 0.463. The lowest BCUT2D eigenvalue weighted by atomic mass is 9.85. The Morgan fingerprint density at radius 1 is 0.636 bits per heavy atom. The molecule has 0 spiro atoms. The molecule has 0 saturated carbocycles. The van der Waals surface area contributed by atoms with Crippen LogP contribution in [-0.4, -0.2) is 13.0 Å². The largest absolute Gasteiger partial charge is 0.744 e. The molecule has 4 aromatic carbocycles. The molecule has 170 valence electrons. The monoisotopic (exact) mass is 476 g/mol. The van der Waals surface area contributed by atoms with Crippen molar-refractivity contribution >= 4 is 22.7 Å². The first-order valence-electron chi connectivity index (χ1n) is 10.6. The van der Waals surface area contributed by atoms with Crippen LogP contribution in [0.4, 0.5) is 0 Å². The van der Waals surface area contributed by atoms with E-state index in [1.807, 2.05) is 60.7 Å². The van der Waals surface area contributed by atoms with Gasteiger partial charge in [-0.2, -0.15) is 0 Å². The van der Waals surface area contributed by atoms with Gasteiger partial charge in [0.05, 0.1) is 4.90 Å². The van der Waals surface area contributed by atoms with Gasteiger partial charge in [0.1, 0.15) is 10.1 Å². The van der Waals surface area contributed by atoms with Gasteiger partial charge in [0.2, 0.25) is 0 Å². The van der Waals surface area contributed by atoms with Crippen LogP contribution in [0, 0.1) is 20.8 Å². The molecular weight excluding hydrogens is 448 g/mol. The van der Waals surface area contributed by atoms with E-state index in [0.29, 0.717) is 0 Å². The van der Waals surface area contributed by atoms with Crippen LogP contribution in [-0.2, 0) is 22.7 Å². The Bertz CT molecular complexity index is 1230. The fourth-order valence-electron chi connectivity index (χ4n) is 3.65. The highest BCUT2D eigenvalue weighted by atomic mass is 32.2. The number of hydrogen-bond donors (Lipinski definition) is 0. The lowest BCUT2D eigenvalue weighted by Gasteiger charge is -2.19. The van der Waals surface area contributed by atoms with Crippen LogP contribution in [0.1, 0.15) is 39.3 Å². The zero-order valence-corrected chi connectivity index (χ0v) is 20.8. The molecule has 0 unspecified atom stereocenters. The summed E-state index contributed by atoms with van der Waals surface area (Å²) < 4.78 is 33.3. The summed E-state index contributed by atoms with van der Waals surface area (Å²) in [6.45, 7) is 6.41. The smallest absolute Gasteiger partial charge is 0.153 e. The second-order valence-electron chi connectivity index (χ2n) is 7.96. The minimum atomic E-state index is -4.42. The summed E-state index contributed by atoms with van der Waals surface area (Å²) in [5.74, 6) is -0.0131. The zero-order chi connectivity index (χ0) is 24.0. The minimum absolute atomic E-state index is 0.0131. The molecule has 0 amide bonds. The first kappa shape index (κ1) is 24.8. The van der Waals surface area contributed by atoms with Crippen molar-refractivity contribution in [3.63, 3.8) is 0 Å². The lowest BCUT2D eigenvalue weighted by Crippen LogP contribution is -2.04. The van der Waals surface area contributed by atoms with Crippen molar-refractivity contribution in [1.29, 1.82) is 0 Å². The third kappa shape index (κ3) is 6.35. The molecule has 0 aromatic heterocycles. The van der Waals surface area contributed by atoms with Crippen LogP contribution < -0.4 is 0 Å². The SMILES string of the molecule is Cc1ccc([SH2+])c(C)c1C.O=S(=O)([O-])c1ccc(C(c2ccccc2)c2ccccc2)cc1. The van der Waals surface area contributed by atoms with E-state index in [2.05, 4.69) is 45.5 Å². The van der Waals surface area contributed by atoms with Gasteiger partial charge in [-0.15, -0.1) is 0 Å². The number of hydrogen-bond acceptors (Lipinski definition) is 3. The Kier molecular flexibility index (Phi) is 8.14. The predicted octanol–water partition coefficient (Wildman–Crippen LogP) is 5.75. The molecule has 0 radical (unpaired) electrons. The summed E-state index contributed by atoms with van der Waals surface area (Å²) in [7, 11) is -4.42. The Morgan fingerprint density at radius 3 is 1.52 bits per heavy atom. The Balaban J connectivity index is 0.000000257. The molecule has 5 heteroatoms. The van der Waals surface area contributed by atoms with Crippen LogP contribution >= 0.6 is 0 Å². The van der Waals surface area contributed by atoms with E-state index < -0.39 is 10.1 Å². The van der Waals surface area contributed by atoms with E-state index in [4.69, 9.17) is 0 Å². The summed E-state index contributed by atoms with van der Waals surface area (Å²) in [6.07, 6.45) is 0. The summed E-state index contributed by atoms with van der Waals surface area (Å²) >= 11 is 3.53. The number of benzene rings is 4. The molecular formula is C28H28O3S2. The van der Waals surface area contributed by atoms with Crippen LogP contribution in [0.25, 0.3) is 0 Å². The van der Waals surface area contributed by atoms with Crippen LogP contribution in [0.2, 0.25) is 0 Å². The Morgan fingerprint density at radius 2 is 1.09 bits per heavy atom. The van der Waals surface area contributed by atoms with E-state index in [0.717, 1.165) is 16.7 Å². The average molecular weight is 477 g/mol. The van der Waals surface area contributed by atoms with Crippen molar-refractivity contribution in [2.45, 2.75) is 36.5 Å². The molecule has 0 aliphatic carbocycles. The van der Waals surface area contributed by atoms with Gasteiger partial charge < -0.3 is 4.55 Å². The normalized spacial score (nSPS) is 11.1. The van der Waals surface area contributed by atoms with Crippen LogP contribution in [0.3, 0.4) is 0 Å². The van der Waals surface area contributed by atoms with Crippen molar-refractivity contribution in [2.24, 2.45) is 0 Å². The molecule has 0 aliphatic rings. The first-order chi connectivity index (χ1) is 15.7. The number of rotatable bonds is 4. The van der Waals surface area contributed by atoms with Crippen molar-refractivity contribution in [3.8, 4) is 0 Å². The molecule has 0 aliphatic heterocycles. The van der Waals surface area contributed by atoms with Gasteiger partial charge in [-0.05, 0) is 79.4 Å². The summed E-state index contributed by atoms with van der Waals surface area (Å²) in [5, 5.41) is 0. The molecule has 4 rings (SSSR count). The van der Waals surface area contributed by atoms with Gasteiger partial charge in [0.25, 0.3) is 0 Å². The molecule has 33 heavy (non-hydrogen) atoms. The highest BCUT2D eigenvalue weighted by Gasteiger charge is 2.16. The Labute approximate surface area is 202 Å². The molecule has 0 bridgehead atoms. The molecule has 0 saturated heterocycles. The second kappa shape index (κ2) is 10.8. The van der Waals surface area contributed by atoms with Gasteiger partial charge >= 0.3 is 0 Å². The van der Waals surface area contributed by atoms with E-state index >= 15 is 0 Å². The first-order valence-corrected chi connectivity index (χ1v) is 12.5. The van der Waals surface area contributed by atoms with E-state index in [-0.39, 0.29) is 10.8 Å². The number of aryl methyl sites for hydroxylation is 1. The topological polar surface area (TPSA) is 57.2 Å². The Hall–Kier alpha value is -2.86. The van der Waals surface area contributed by atoms with Gasteiger partial charge in [-0.25, -0.2) is 8.42 Å². The summed E-state index contributed by atoms with van der Waals surface area (Å²) in [5.41, 5.74) is 7.24. The van der Waals surface area contributed by atoms with Crippen LogP contribution in [0.5, 0.6) is 0 Å². The quantitative estimate of drug-likeness (QED) is 0.214. The fourth-order valence-corrected chi connectivity index (χ4v) is 4.39. The second-order valence-corrected chi connectivity index (χ2v) is 9.88. The van der Waals surface area contributed by atoms with Gasteiger partial charge in [0, 0.05) is 11.5 Å². The van der Waals surface area contributed by atoms with Crippen molar-refractivity contribution in [2.75, 3.05) is 0 Å². The summed E-state index contributed by atoms with van der Waals surface area (Å²) in [6, 6.07) is 30.3. The van der Waals surface area contributed by atoms with Crippen molar-refractivity contribution in [3.05, 3.63) is 130 Å². The molecule has 0 fully saturated rings. The molecule has 0 atom stereocenters. The van der Waals surface area contributed by atoms with E-state index in [1.54, 1.807) is 12.1 Å². The van der Waals surface area contributed by atoms with Gasteiger partial charge in [-0.3, -0.25) is 0 Å². The van der Waals surface area contributed by atoms with Crippen molar-refractivity contribution < 1.29 is 13.0 Å². The van der Waals surface area contributed by atoms with Crippen LogP contribution in [0.15, 0.2) is 107 Å². The highest BCUT2D eigenvalue weighted by molar-refractivity contribution is 7.85. The summed E-state index contributed by atoms with van der Waals surface area (Å²) in [4.78, 5) is 0.990. The highest BCUT2D eigenvalue weighted by Crippen LogP contribution is 2.32. The third-order valence-electron chi connectivity index (χ3n) is 5.83. The fraction of sp³-hybridized carbons (Fsp3) is 0.143.